The van der Waals surface area contributed by atoms with Gasteiger partial charge in [-0.15, -0.1) is 0 Å². The van der Waals surface area contributed by atoms with Crippen LogP contribution >= 0.6 is 11.6 Å². The van der Waals surface area contributed by atoms with Crippen molar-refractivity contribution in [1.82, 2.24) is 15.1 Å². The fourth-order valence-electron chi connectivity index (χ4n) is 3.94. The van der Waals surface area contributed by atoms with Crippen LogP contribution in [0.4, 0.5) is 10.5 Å². The van der Waals surface area contributed by atoms with Crippen LogP contribution in [0.1, 0.15) is 25.7 Å². The van der Waals surface area contributed by atoms with Crippen LogP contribution in [0.5, 0.6) is 0 Å². The highest BCUT2D eigenvalue weighted by Gasteiger charge is 2.33. The van der Waals surface area contributed by atoms with Gasteiger partial charge in [-0.25, -0.2) is 4.79 Å². The Hall–Kier alpha value is -1.95. The Labute approximate surface area is 165 Å². The molecule has 3 amide bonds. The molecule has 6 nitrogen and oxygen atoms in total. The van der Waals surface area contributed by atoms with Gasteiger partial charge in [0.1, 0.15) is 0 Å². The van der Waals surface area contributed by atoms with Crippen molar-refractivity contribution >= 4 is 29.2 Å². The molecule has 0 aromatic heterocycles. The van der Waals surface area contributed by atoms with Crippen molar-refractivity contribution in [2.24, 2.45) is 5.92 Å². The van der Waals surface area contributed by atoms with E-state index in [4.69, 9.17) is 11.6 Å². The van der Waals surface area contributed by atoms with Gasteiger partial charge in [0.15, 0.2) is 0 Å². The van der Waals surface area contributed by atoms with Gasteiger partial charge in [0.25, 0.3) is 0 Å². The van der Waals surface area contributed by atoms with Crippen LogP contribution in [0.15, 0.2) is 24.3 Å². The van der Waals surface area contributed by atoms with Gasteiger partial charge < -0.3 is 20.0 Å². The van der Waals surface area contributed by atoms with Gasteiger partial charge in [-0.05, 0) is 43.9 Å². The minimum atomic E-state index is 0.0403. The Kier molecular flexibility index (Phi) is 5.43. The molecule has 2 saturated heterocycles. The lowest BCUT2D eigenvalue weighted by atomic mass is 9.95. The van der Waals surface area contributed by atoms with Crippen molar-refractivity contribution in [3.63, 3.8) is 0 Å². The Balaban J connectivity index is 1.24. The third kappa shape index (κ3) is 4.49. The number of hydrogen-bond acceptors (Lipinski definition) is 3. The number of carbonyl (C=O) groups excluding carboxylic acids is 2. The van der Waals surface area contributed by atoms with Crippen molar-refractivity contribution in [3.05, 3.63) is 29.3 Å². The summed E-state index contributed by atoms with van der Waals surface area (Å²) in [6, 6.07) is 8.30. The number of rotatable bonds is 3. The summed E-state index contributed by atoms with van der Waals surface area (Å²) in [6.45, 7) is 4.50. The predicted octanol–water partition coefficient (Wildman–Crippen LogP) is 2.57. The van der Waals surface area contributed by atoms with Crippen LogP contribution in [0, 0.1) is 5.92 Å². The highest BCUT2D eigenvalue weighted by Crippen LogP contribution is 2.24. The lowest BCUT2D eigenvalue weighted by Gasteiger charge is -2.39. The van der Waals surface area contributed by atoms with Gasteiger partial charge in [-0.1, -0.05) is 17.7 Å². The minimum Gasteiger partial charge on any atom is -0.368 e. The smallest absolute Gasteiger partial charge is 0.317 e. The van der Waals surface area contributed by atoms with Crippen molar-refractivity contribution in [1.29, 1.82) is 0 Å². The number of piperazine rings is 1. The summed E-state index contributed by atoms with van der Waals surface area (Å²) in [5, 5.41) is 3.77. The number of piperidine rings is 1. The summed E-state index contributed by atoms with van der Waals surface area (Å²) in [6.07, 6.45) is 3.74. The van der Waals surface area contributed by atoms with E-state index in [0.717, 1.165) is 62.6 Å². The normalized spacial score (nSPS) is 21.3. The topological polar surface area (TPSA) is 55.9 Å². The molecular formula is C20H27ClN4O2. The lowest BCUT2D eigenvalue weighted by molar-refractivity contribution is -0.137. The standard InChI is InChI=1S/C20H27ClN4O2/c21-16-2-1-3-18(14-16)23-10-12-24(13-11-23)19(26)15-6-8-25(9-7-15)20(27)22-17-4-5-17/h1-3,14-15,17H,4-13H2,(H,22,27). The molecule has 1 saturated carbocycles. The van der Waals surface area contributed by atoms with E-state index in [1.807, 2.05) is 28.0 Å². The summed E-state index contributed by atoms with van der Waals surface area (Å²) in [4.78, 5) is 31.1. The summed E-state index contributed by atoms with van der Waals surface area (Å²) < 4.78 is 0. The second kappa shape index (κ2) is 7.97. The fourth-order valence-corrected chi connectivity index (χ4v) is 4.12. The zero-order valence-corrected chi connectivity index (χ0v) is 16.3. The van der Waals surface area contributed by atoms with Gasteiger partial charge in [0.05, 0.1) is 0 Å². The molecule has 2 aliphatic heterocycles. The molecule has 3 fully saturated rings. The van der Waals surface area contributed by atoms with E-state index in [0.29, 0.717) is 19.1 Å². The first kappa shape index (κ1) is 18.4. The zero-order valence-electron chi connectivity index (χ0n) is 15.6. The molecule has 0 radical (unpaired) electrons. The maximum Gasteiger partial charge on any atom is 0.317 e. The second-order valence-electron chi connectivity index (χ2n) is 7.78. The molecule has 1 aliphatic carbocycles. The Bertz CT molecular complexity index is 693. The number of halogens is 1. The Morgan fingerprint density at radius 2 is 1.63 bits per heavy atom. The van der Waals surface area contributed by atoms with E-state index in [9.17, 15) is 9.59 Å². The number of amides is 3. The molecule has 27 heavy (non-hydrogen) atoms. The van der Waals surface area contributed by atoms with Crippen molar-refractivity contribution in [2.45, 2.75) is 31.7 Å². The van der Waals surface area contributed by atoms with Crippen LogP contribution < -0.4 is 10.2 Å². The van der Waals surface area contributed by atoms with Crippen molar-refractivity contribution < 1.29 is 9.59 Å². The molecule has 4 rings (SSSR count). The minimum absolute atomic E-state index is 0.0403. The summed E-state index contributed by atoms with van der Waals surface area (Å²) in [5.74, 6) is 0.302. The number of nitrogens with one attached hydrogen (secondary N) is 1. The fraction of sp³-hybridized carbons (Fsp3) is 0.600. The maximum absolute atomic E-state index is 12.9. The molecule has 7 heteroatoms. The Morgan fingerprint density at radius 1 is 0.926 bits per heavy atom. The maximum atomic E-state index is 12.9. The van der Waals surface area contributed by atoms with Gasteiger partial charge in [0, 0.05) is 61.9 Å². The number of benzene rings is 1. The molecule has 146 valence electrons. The molecule has 1 aromatic rings. The quantitative estimate of drug-likeness (QED) is 0.863. The van der Waals surface area contributed by atoms with Gasteiger partial charge in [-0.3, -0.25) is 4.79 Å². The molecule has 0 spiro atoms. The molecule has 2 heterocycles. The molecule has 0 unspecified atom stereocenters. The van der Waals surface area contributed by atoms with E-state index < -0.39 is 0 Å². The summed E-state index contributed by atoms with van der Waals surface area (Å²) >= 11 is 6.09. The van der Waals surface area contributed by atoms with E-state index in [-0.39, 0.29) is 17.9 Å². The van der Waals surface area contributed by atoms with Gasteiger partial charge in [0.2, 0.25) is 5.91 Å². The number of hydrogen-bond donors (Lipinski definition) is 1. The molecule has 0 atom stereocenters. The molecular weight excluding hydrogens is 364 g/mol. The number of carbonyl (C=O) groups is 2. The average Bonchev–Trinajstić information content (AvgIpc) is 3.52. The molecule has 1 aromatic carbocycles. The molecule has 1 N–H and O–H groups in total. The molecule has 3 aliphatic rings. The number of urea groups is 1. The van der Waals surface area contributed by atoms with E-state index >= 15 is 0 Å². The van der Waals surface area contributed by atoms with Gasteiger partial charge >= 0.3 is 6.03 Å². The van der Waals surface area contributed by atoms with Gasteiger partial charge in [-0.2, -0.15) is 0 Å². The Morgan fingerprint density at radius 3 is 2.26 bits per heavy atom. The first-order chi connectivity index (χ1) is 13.1. The SMILES string of the molecule is O=C(NC1CC1)N1CCC(C(=O)N2CCN(c3cccc(Cl)c3)CC2)CC1. The first-order valence-electron chi connectivity index (χ1n) is 9.95. The third-order valence-corrected chi connectivity index (χ3v) is 6.04. The van der Waals surface area contributed by atoms with E-state index in [1.165, 1.54) is 0 Å². The van der Waals surface area contributed by atoms with Crippen molar-refractivity contribution in [2.75, 3.05) is 44.2 Å². The van der Waals surface area contributed by atoms with E-state index in [2.05, 4.69) is 16.3 Å². The van der Waals surface area contributed by atoms with Crippen LogP contribution in [0.3, 0.4) is 0 Å². The summed E-state index contributed by atoms with van der Waals surface area (Å²) in [7, 11) is 0. The monoisotopic (exact) mass is 390 g/mol. The van der Waals surface area contributed by atoms with Crippen LogP contribution in [-0.2, 0) is 4.79 Å². The highest BCUT2D eigenvalue weighted by molar-refractivity contribution is 6.30. The lowest BCUT2D eigenvalue weighted by Crippen LogP contribution is -2.52. The zero-order chi connectivity index (χ0) is 18.8. The number of anilines is 1. The predicted molar refractivity (Wildman–Crippen MR) is 106 cm³/mol. The van der Waals surface area contributed by atoms with Crippen molar-refractivity contribution in [3.8, 4) is 0 Å². The average molecular weight is 391 g/mol. The van der Waals surface area contributed by atoms with Crippen LogP contribution in [0.2, 0.25) is 5.02 Å². The van der Waals surface area contributed by atoms with E-state index in [1.54, 1.807) is 0 Å². The van der Waals surface area contributed by atoms with Crippen LogP contribution in [0.25, 0.3) is 0 Å². The highest BCUT2D eigenvalue weighted by atomic mass is 35.5. The second-order valence-corrected chi connectivity index (χ2v) is 8.21. The number of nitrogens with zero attached hydrogens (tertiary/aromatic N) is 3. The largest absolute Gasteiger partial charge is 0.368 e. The number of likely N-dealkylation sites (tertiary alicyclic amines) is 1. The first-order valence-corrected chi connectivity index (χ1v) is 10.3. The third-order valence-electron chi connectivity index (χ3n) is 5.80. The molecule has 0 bridgehead atoms. The summed E-state index contributed by atoms with van der Waals surface area (Å²) in [5.41, 5.74) is 1.12. The van der Waals surface area contributed by atoms with Crippen LogP contribution in [-0.4, -0.2) is 67.0 Å².